The first kappa shape index (κ1) is 9.86. The summed E-state index contributed by atoms with van der Waals surface area (Å²) in [5, 5.41) is 2.80. The summed E-state index contributed by atoms with van der Waals surface area (Å²) in [6, 6.07) is 13.0. The Morgan fingerprint density at radius 3 is 2.57 bits per heavy atom. The molecule has 3 rings (SSSR count). The second kappa shape index (κ2) is 3.83. The first-order valence-electron chi connectivity index (χ1n) is 4.62. The minimum absolute atomic E-state index is 0. The van der Waals surface area contributed by atoms with Gasteiger partial charge in [0, 0.05) is 26.2 Å². The molecule has 0 saturated carbocycles. The van der Waals surface area contributed by atoms with Gasteiger partial charge in [0.05, 0.1) is 0 Å². The van der Waals surface area contributed by atoms with Crippen LogP contribution in [0.1, 0.15) is 11.1 Å². The van der Waals surface area contributed by atoms with Crippen molar-refractivity contribution in [2.75, 3.05) is 0 Å². The fourth-order valence-corrected chi connectivity index (χ4v) is 2.07. The van der Waals surface area contributed by atoms with E-state index in [2.05, 4.69) is 48.6 Å². The van der Waals surface area contributed by atoms with E-state index in [0.717, 1.165) is 6.42 Å². The van der Waals surface area contributed by atoms with Crippen molar-refractivity contribution in [2.45, 2.75) is 6.42 Å². The summed E-state index contributed by atoms with van der Waals surface area (Å²) in [5.74, 6) is 0. The molecule has 0 saturated heterocycles. The average molecular weight is 376 g/mol. The third-order valence-corrected chi connectivity index (χ3v) is 2.66. The Bertz CT molecular complexity index is 492. The van der Waals surface area contributed by atoms with Crippen LogP contribution in [0, 0.1) is 26.2 Å². The summed E-state index contributed by atoms with van der Waals surface area (Å²) in [7, 11) is 0. The molecule has 1 heteroatoms. The van der Waals surface area contributed by atoms with Gasteiger partial charge in [0.25, 0.3) is 0 Å². The summed E-state index contributed by atoms with van der Waals surface area (Å²) in [4.78, 5) is 0. The van der Waals surface area contributed by atoms with Crippen LogP contribution < -0.4 is 0 Å². The van der Waals surface area contributed by atoms with E-state index in [-0.39, 0.29) is 26.2 Å². The number of allylic oxidation sites excluding steroid dienone is 1. The summed E-state index contributed by atoms with van der Waals surface area (Å²) in [5.41, 5.74) is 2.81. The van der Waals surface area contributed by atoms with Gasteiger partial charge < -0.3 is 0 Å². The molecule has 0 bridgehead atoms. The molecule has 0 amide bonds. The van der Waals surface area contributed by atoms with Gasteiger partial charge in [0.1, 0.15) is 0 Å². The number of hydrogen-bond donors (Lipinski definition) is 0. The zero-order valence-corrected chi connectivity index (χ0v) is 10.6. The van der Waals surface area contributed by atoms with Crippen molar-refractivity contribution in [1.29, 1.82) is 0 Å². The van der Waals surface area contributed by atoms with Crippen LogP contribution in [-0.4, -0.2) is 0 Å². The standard InChI is InChI=1S/C13H10.At/c1-4-10-6-2-8-12-9-3-7-11(5-1)13(10)12;/h1-8H,9H2;. The first-order valence-corrected chi connectivity index (χ1v) is 4.62. The van der Waals surface area contributed by atoms with Gasteiger partial charge >= 0.3 is 0 Å². The van der Waals surface area contributed by atoms with E-state index in [4.69, 9.17) is 0 Å². The van der Waals surface area contributed by atoms with Crippen molar-refractivity contribution in [3.8, 4) is 0 Å². The molecule has 0 nitrogen and oxygen atoms in total. The van der Waals surface area contributed by atoms with Crippen molar-refractivity contribution in [2.24, 2.45) is 0 Å². The predicted octanol–water partition coefficient (Wildman–Crippen LogP) is 3.41. The molecule has 0 spiro atoms. The monoisotopic (exact) mass is 376 g/mol. The normalized spacial score (nSPS) is 12.6. The minimum Gasteiger partial charge on any atom is -0.0795 e. The van der Waals surface area contributed by atoms with Crippen LogP contribution >= 0.6 is 0 Å². The van der Waals surface area contributed by atoms with Crippen LogP contribution in [0.5, 0.6) is 0 Å². The molecule has 0 fully saturated rings. The van der Waals surface area contributed by atoms with E-state index in [1.165, 1.54) is 21.9 Å². The largest absolute Gasteiger partial charge is 0.0795 e. The molecule has 0 unspecified atom stereocenters. The average Bonchev–Trinajstić information content (AvgIpc) is 2.19. The maximum absolute atomic E-state index is 2.23. The van der Waals surface area contributed by atoms with Crippen LogP contribution in [0.25, 0.3) is 16.8 Å². The minimum atomic E-state index is 0. The molecular weight excluding hydrogens is 366 g/mol. The molecule has 1 radical (unpaired) electrons. The Balaban J connectivity index is 0.000000750. The van der Waals surface area contributed by atoms with Gasteiger partial charge in [-0.1, -0.05) is 48.6 Å². The zero-order chi connectivity index (χ0) is 8.67. The summed E-state index contributed by atoms with van der Waals surface area (Å²) in [6.45, 7) is 0. The molecule has 2 aromatic rings. The van der Waals surface area contributed by atoms with Gasteiger partial charge in [-0.3, -0.25) is 0 Å². The van der Waals surface area contributed by atoms with Gasteiger partial charge in [0.2, 0.25) is 0 Å². The first-order chi connectivity index (χ1) is 6.45. The molecule has 0 N–H and O–H groups in total. The molecule has 14 heavy (non-hydrogen) atoms. The van der Waals surface area contributed by atoms with Gasteiger partial charge in [-0.25, -0.2) is 0 Å². The molecule has 0 heterocycles. The summed E-state index contributed by atoms with van der Waals surface area (Å²) < 4.78 is 0. The van der Waals surface area contributed by atoms with Crippen LogP contribution in [0.4, 0.5) is 0 Å². The van der Waals surface area contributed by atoms with Crippen LogP contribution in [0.2, 0.25) is 0 Å². The number of hydrogen-bond acceptors (Lipinski definition) is 0. The van der Waals surface area contributed by atoms with Gasteiger partial charge in [-0.05, 0) is 28.3 Å². The molecular formula is C13H10At. The zero-order valence-electron chi connectivity index (χ0n) is 7.70. The van der Waals surface area contributed by atoms with Crippen molar-refractivity contribution < 1.29 is 26.2 Å². The quantitative estimate of drug-likeness (QED) is 0.661. The molecule has 1 aliphatic carbocycles. The Kier molecular flexibility index (Phi) is 2.69. The third kappa shape index (κ3) is 1.40. The smallest absolute Gasteiger partial charge is 0 e. The van der Waals surface area contributed by atoms with Crippen LogP contribution in [-0.2, 0) is 6.42 Å². The summed E-state index contributed by atoms with van der Waals surface area (Å²) >= 11 is 0. The Morgan fingerprint density at radius 2 is 1.71 bits per heavy atom. The van der Waals surface area contributed by atoms with Crippen molar-refractivity contribution in [1.82, 2.24) is 0 Å². The fourth-order valence-electron chi connectivity index (χ4n) is 2.07. The molecule has 2 aromatic carbocycles. The number of benzene rings is 2. The second-order valence-electron chi connectivity index (χ2n) is 3.47. The predicted molar refractivity (Wildman–Crippen MR) is 56.7 cm³/mol. The topological polar surface area (TPSA) is 0 Å². The maximum atomic E-state index is 2.23. The van der Waals surface area contributed by atoms with Crippen molar-refractivity contribution >= 4 is 16.8 Å². The van der Waals surface area contributed by atoms with E-state index < -0.39 is 0 Å². The SMILES string of the molecule is C1=Cc2cccc3cccc(c23)C1.[At]. The van der Waals surface area contributed by atoms with Crippen molar-refractivity contribution in [3.63, 3.8) is 0 Å². The fraction of sp³-hybridized carbons (Fsp3) is 0.0769. The summed E-state index contributed by atoms with van der Waals surface area (Å²) in [6.07, 6.45) is 5.53. The van der Waals surface area contributed by atoms with E-state index in [1.807, 2.05) is 0 Å². The molecule has 0 atom stereocenters. The second-order valence-corrected chi connectivity index (χ2v) is 3.47. The third-order valence-electron chi connectivity index (χ3n) is 2.66. The van der Waals surface area contributed by atoms with Crippen LogP contribution in [0.3, 0.4) is 0 Å². The molecule has 69 valence electrons. The number of rotatable bonds is 0. The van der Waals surface area contributed by atoms with Gasteiger partial charge in [-0.15, -0.1) is 0 Å². The molecule has 0 aromatic heterocycles. The van der Waals surface area contributed by atoms with Gasteiger partial charge in [0.15, 0.2) is 0 Å². The Morgan fingerprint density at radius 1 is 0.929 bits per heavy atom. The molecule has 0 aliphatic heterocycles. The van der Waals surface area contributed by atoms with E-state index in [0.29, 0.717) is 0 Å². The Hall–Kier alpha value is -0.677. The van der Waals surface area contributed by atoms with E-state index in [1.54, 1.807) is 0 Å². The van der Waals surface area contributed by atoms with Gasteiger partial charge in [-0.2, -0.15) is 0 Å². The van der Waals surface area contributed by atoms with E-state index >= 15 is 0 Å². The van der Waals surface area contributed by atoms with E-state index in [9.17, 15) is 0 Å². The molecule has 1 aliphatic rings. The maximum Gasteiger partial charge on any atom is 0 e. The Labute approximate surface area is 103 Å². The van der Waals surface area contributed by atoms with Crippen molar-refractivity contribution in [3.05, 3.63) is 53.6 Å². The van der Waals surface area contributed by atoms with Crippen LogP contribution in [0.15, 0.2) is 42.5 Å².